The van der Waals surface area contributed by atoms with Gasteiger partial charge < -0.3 is 10.6 Å². The van der Waals surface area contributed by atoms with Crippen molar-refractivity contribution in [1.29, 1.82) is 0 Å². The van der Waals surface area contributed by atoms with Crippen LogP contribution in [0.5, 0.6) is 0 Å². The van der Waals surface area contributed by atoms with Gasteiger partial charge in [-0.25, -0.2) is 0 Å². The summed E-state index contributed by atoms with van der Waals surface area (Å²) in [6.07, 6.45) is 0. The van der Waals surface area contributed by atoms with Crippen LogP contribution in [0.2, 0.25) is 0 Å². The zero-order valence-corrected chi connectivity index (χ0v) is 20.9. The summed E-state index contributed by atoms with van der Waals surface area (Å²) in [5, 5.41) is 5.52. The second kappa shape index (κ2) is 11.2. The molecule has 0 fully saturated rings. The predicted molar refractivity (Wildman–Crippen MR) is 143 cm³/mol. The average Bonchev–Trinajstić information content (AvgIpc) is 2.85. The number of benzene rings is 4. The van der Waals surface area contributed by atoms with Crippen molar-refractivity contribution in [3.05, 3.63) is 124 Å². The molecule has 0 saturated heterocycles. The van der Waals surface area contributed by atoms with Crippen LogP contribution in [0.15, 0.2) is 112 Å². The third kappa shape index (κ3) is 6.16. The second-order valence-corrected chi connectivity index (χ2v) is 9.80. The Bertz CT molecular complexity index is 1290. The predicted octanol–water partition coefficient (Wildman–Crippen LogP) is 7.48. The Balaban J connectivity index is 1.54. The molecule has 1 atom stereocenters. The van der Waals surface area contributed by atoms with Crippen molar-refractivity contribution < 1.29 is 9.59 Å². The van der Waals surface area contributed by atoms with E-state index in [9.17, 15) is 9.59 Å². The zero-order chi connectivity index (χ0) is 23.9. The molecule has 0 aliphatic carbocycles. The first-order valence-electron chi connectivity index (χ1n) is 10.7. The third-order valence-electron chi connectivity index (χ3n) is 5.19. The number of halogens is 1. The van der Waals surface area contributed by atoms with Crippen molar-refractivity contribution in [2.75, 3.05) is 10.6 Å². The standard InChI is InChI=1S/C28H23BrN2O2S/c1-19-8-5-6-13-25(19)27(32)31-23-11-7-12-24(18-23)34-26(20-9-3-2-4-10-20)28(33)30-22-16-14-21(29)15-17-22/h2-18,26H,1H3,(H,30,33)(H,31,32). The highest BCUT2D eigenvalue weighted by Crippen LogP contribution is 2.37. The van der Waals surface area contributed by atoms with Crippen molar-refractivity contribution >= 4 is 50.9 Å². The van der Waals surface area contributed by atoms with Crippen molar-refractivity contribution in [3.8, 4) is 0 Å². The molecule has 0 aromatic heterocycles. The molecular weight excluding hydrogens is 508 g/mol. The Labute approximate surface area is 211 Å². The van der Waals surface area contributed by atoms with Gasteiger partial charge in [0, 0.05) is 26.3 Å². The van der Waals surface area contributed by atoms with Gasteiger partial charge in [0.25, 0.3) is 5.91 Å². The van der Waals surface area contributed by atoms with Gasteiger partial charge in [-0.15, -0.1) is 11.8 Å². The lowest BCUT2D eigenvalue weighted by Crippen LogP contribution is -2.19. The molecule has 0 radical (unpaired) electrons. The number of carbonyl (C=O) groups excluding carboxylic acids is 2. The van der Waals surface area contributed by atoms with Crippen LogP contribution in [0.3, 0.4) is 0 Å². The molecule has 170 valence electrons. The molecule has 6 heteroatoms. The van der Waals surface area contributed by atoms with E-state index in [-0.39, 0.29) is 11.8 Å². The van der Waals surface area contributed by atoms with Crippen LogP contribution in [0.1, 0.15) is 26.7 Å². The summed E-state index contributed by atoms with van der Waals surface area (Å²) in [5.41, 5.74) is 3.86. The van der Waals surface area contributed by atoms with Gasteiger partial charge in [-0.1, -0.05) is 70.5 Å². The molecule has 0 heterocycles. The largest absolute Gasteiger partial charge is 0.325 e. The van der Waals surface area contributed by atoms with E-state index in [1.165, 1.54) is 11.8 Å². The number of thioether (sulfide) groups is 1. The van der Waals surface area contributed by atoms with Crippen LogP contribution < -0.4 is 10.6 Å². The van der Waals surface area contributed by atoms with Crippen LogP contribution in [-0.4, -0.2) is 11.8 Å². The summed E-state index contributed by atoms with van der Waals surface area (Å²) in [4.78, 5) is 26.9. The molecule has 4 aromatic rings. The van der Waals surface area contributed by atoms with Gasteiger partial charge in [-0.3, -0.25) is 9.59 Å². The fourth-order valence-corrected chi connectivity index (χ4v) is 4.80. The molecule has 4 aromatic carbocycles. The normalized spacial score (nSPS) is 11.5. The molecule has 0 aliphatic heterocycles. The lowest BCUT2D eigenvalue weighted by Gasteiger charge is -2.18. The topological polar surface area (TPSA) is 58.2 Å². The Kier molecular flexibility index (Phi) is 7.83. The number of hydrogen-bond donors (Lipinski definition) is 2. The van der Waals surface area contributed by atoms with Crippen molar-refractivity contribution in [1.82, 2.24) is 0 Å². The van der Waals surface area contributed by atoms with E-state index in [1.54, 1.807) is 6.07 Å². The van der Waals surface area contributed by atoms with Gasteiger partial charge in [0.15, 0.2) is 0 Å². The van der Waals surface area contributed by atoms with E-state index in [1.807, 2.05) is 104 Å². The van der Waals surface area contributed by atoms with Gasteiger partial charge >= 0.3 is 0 Å². The number of carbonyl (C=O) groups is 2. The molecule has 0 saturated carbocycles. The summed E-state index contributed by atoms with van der Waals surface area (Å²) < 4.78 is 0.948. The Morgan fingerprint density at radius 3 is 2.21 bits per heavy atom. The van der Waals surface area contributed by atoms with Crippen LogP contribution in [0, 0.1) is 6.92 Å². The van der Waals surface area contributed by atoms with Crippen LogP contribution in [-0.2, 0) is 4.79 Å². The molecule has 2 N–H and O–H groups in total. The number of nitrogens with one attached hydrogen (secondary N) is 2. The quantitative estimate of drug-likeness (QED) is 0.243. The minimum absolute atomic E-state index is 0.118. The van der Waals surface area contributed by atoms with E-state index in [0.29, 0.717) is 11.3 Å². The Hall–Kier alpha value is -3.35. The molecular formula is C28H23BrN2O2S. The molecule has 2 amide bonds. The maximum absolute atomic E-state index is 13.3. The molecule has 4 nitrogen and oxygen atoms in total. The highest BCUT2D eigenvalue weighted by Gasteiger charge is 2.22. The highest BCUT2D eigenvalue weighted by atomic mass is 79.9. The van der Waals surface area contributed by atoms with Crippen LogP contribution in [0.25, 0.3) is 0 Å². The first-order valence-corrected chi connectivity index (χ1v) is 12.4. The molecule has 0 spiro atoms. The fourth-order valence-electron chi connectivity index (χ4n) is 3.45. The van der Waals surface area contributed by atoms with E-state index in [4.69, 9.17) is 0 Å². The fraction of sp³-hybridized carbons (Fsp3) is 0.0714. The first kappa shape index (κ1) is 23.8. The minimum Gasteiger partial charge on any atom is -0.325 e. The summed E-state index contributed by atoms with van der Waals surface area (Å²) in [6, 6.07) is 32.2. The van der Waals surface area contributed by atoms with Crippen molar-refractivity contribution in [2.24, 2.45) is 0 Å². The lowest BCUT2D eigenvalue weighted by molar-refractivity contribution is -0.115. The number of aryl methyl sites for hydroxylation is 1. The van der Waals surface area contributed by atoms with Gasteiger partial charge in [0.05, 0.1) is 0 Å². The maximum atomic E-state index is 13.3. The molecule has 1 unspecified atom stereocenters. The summed E-state index contributed by atoms with van der Waals surface area (Å²) in [7, 11) is 0. The minimum atomic E-state index is -0.466. The van der Waals surface area contributed by atoms with E-state index in [2.05, 4.69) is 26.6 Å². The monoisotopic (exact) mass is 530 g/mol. The molecule has 4 rings (SSSR count). The number of rotatable bonds is 7. The third-order valence-corrected chi connectivity index (χ3v) is 6.96. The average molecular weight is 531 g/mol. The zero-order valence-electron chi connectivity index (χ0n) is 18.5. The number of hydrogen-bond acceptors (Lipinski definition) is 3. The van der Waals surface area contributed by atoms with Crippen molar-refractivity contribution in [3.63, 3.8) is 0 Å². The van der Waals surface area contributed by atoms with E-state index >= 15 is 0 Å². The highest BCUT2D eigenvalue weighted by molar-refractivity contribution is 9.10. The van der Waals surface area contributed by atoms with Crippen LogP contribution in [0.4, 0.5) is 11.4 Å². The van der Waals surface area contributed by atoms with Gasteiger partial charge in [-0.05, 0) is 66.6 Å². The van der Waals surface area contributed by atoms with Gasteiger partial charge in [0.2, 0.25) is 5.91 Å². The molecule has 0 aliphatic rings. The first-order chi connectivity index (χ1) is 16.5. The Morgan fingerprint density at radius 2 is 1.47 bits per heavy atom. The van der Waals surface area contributed by atoms with E-state index in [0.717, 1.165) is 26.2 Å². The number of amides is 2. The summed E-state index contributed by atoms with van der Waals surface area (Å²) in [5.74, 6) is -0.277. The SMILES string of the molecule is Cc1ccccc1C(=O)Nc1cccc(SC(C(=O)Nc2ccc(Br)cc2)c2ccccc2)c1. The maximum Gasteiger partial charge on any atom is 0.255 e. The molecule has 34 heavy (non-hydrogen) atoms. The smallest absolute Gasteiger partial charge is 0.255 e. The van der Waals surface area contributed by atoms with Crippen LogP contribution >= 0.6 is 27.7 Å². The lowest BCUT2D eigenvalue weighted by atomic mass is 10.1. The van der Waals surface area contributed by atoms with Gasteiger partial charge in [-0.2, -0.15) is 0 Å². The summed E-state index contributed by atoms with van der Waals surface area (Å²) in [6.45, 7) is 1.91. The molecule has 0 bridgehead atoms. The van der Waals surface area contributed by atoms with E-state index < -0.39 is 5.25 Å². The summed E-state index contributed by atoms with van der Waals surface area (Å²) >= 11 is 4.86. The Morgan fingerprint density at radius 1 is 0.765 bits per heavy atom. The second-order valence-electron chi connectivity index (χ2n) is 7.70. The number of anilines is 2. The van der Waals surface area contributed by atoms with Gasteiger partial charge in [0.1, 0.15) is 5.25 Å². The van der Waals surface area contributed by atoms with Crippen molar-refractivity contribution in [2.45, 2.75) is 17.1 Å².